The molecule has 0 radical (unpaired) electrons. The Hall–Kier alpha value is -0.660. The van der Waals surface area contributed by atoms with Crippen LogP contribution in [-0.4, -0.2) is 11.6 Å². The van der Waals surface area contributed by atoms with Crippen molar-refractivity contribution in [1.82, 2.24) is 0 Å². The second-order valence-electron chi connectivity index (χ2n) is 3.78. The normalized spacial score (nSPS) is 32.8. The summed E-state index contributed by atoms with van der Waals surface area (Å²) >= 11 is 0. The molecule has 60 valence electrons. The Morgan fingerprint density at radius 2 is 2.18 bits per heavy atom. The van der Waals surface area contributed by atoms with E-state index in [4.69, 9.17) is 0 Å². The first kappa shape index (κ1) is 7.01. The van der Waals surface area contributed by atoms with Crippen LogP contribution in [0.2, 0.25) is 0 Å². The van der Waals surface area contributed by atoms with Gasteiger partial charge in [-0.2, -0.15) is 0 Å². The van der Waals surface area contributed by atoms with E-state index in [2.05, 4.69) is 0 Å². The molecule has 1 unspecified atom stereocenters. The van der Waals surface area contributed by atoms with Gasteiger partial charge in [-0.05, 0) is 26.2 Å². The van der Waals surface area contributed by atoms with E-state index in [1.54, 1.807) is 6.92 Å². The summed E-state index contributed by atoms with van der Waals surface area (Å²) in [6.45, 7) is 1.61. The first-order valence-corrected chi connectivity index (χ1v) is 4.20. The summed E-state index contributed by atoms with van der Waals surface area (Å²) in [4.78, 5) is 22.4. The van der Waals surface area contributed by atoms with Crippen molar-refractivity contribution in [2.24, 2.45) is 11.3 Å². The predicted octanol–water partition coefficient (Wildman–Crippen LogP) is 1.33. The van der Waals surface area contributed by atoms with E-state index in [9.17, 15) is 9.59 Å². The van der Waals surface area contributed by atoms with Crippen LogP contribution in [-0.2, 0) is 9.59 Å². The summed E-state index contributed by atoms with van der Waals surface area (Å²) in [5.74, 6) is 0.640. The van der Waals surface area contributed by atoms with Gasteiger partial charge in [0.25, 0.3) is 0 Å². The Morgan fingerprint density at radius 3 is 2.55 bits per heavy atom. The van der Waals surface area contributed by atoms with E-state index in [0.717, 1.165) is 19.3 Å². The fourth-order valence-corrected chi connectivity index (χ4v) is 2.35. The van der Waals surface area contributed by atoms with E-state index in [1.807, 2.05) is 0 Å². The maximum atomic E-state index is 11.3. The molecule has 0 aliphatic heterocycles. The number of carbonyl (C=O) groups is 2. The third kappa shape index (κ3) is 0.784. The number of hydrogen-bond donors (Lipinski definition) is 0. The van der Waals surface area contributed by atoms with Gasteiger partial charge >= 0.3 is 0 Å². The van der Waals surface area contributed by atoms with Crippen LogP contribution >= 0.6 is 0 Å². The summed E-state index contributed by atoms with van der Waals surface area (Å²) in [5.41, 5.74) is -0.147. The highest BCUT2D eigenvalue weighted by Gasteiger charge is 2.59. The van der Waals surface area contributed by atoms with Gasteiger partial charge in [0, 0.05) is 17.8 Å². The molecule has 1 spiro atoms. The molecular formula is C9H12O2. The van der Waals surface area contributed by atoms with Crippen LogP contribution in [0.3, 0.4) is 0 Å². The van der Waals surface area contributed by atoms with Crippen LogP contribution in [0.4, 0.5) is 0 Å². The average molecular weight is 152 g/mol. The summed E-state index contributed by atoms with van der Waals surface area (Å²) in [6.07, 6.45) is 3.39. The fourth-order valence-electron chi connectivity index (χ4n) is 2.35. The lowest BCUT2D eigenvalue weighted by Crippen LogP contribution is -2.21. The van der Waals surface area contributed by atoms with E-state index in [1.165, 1.54) is 0 Å². The van der Waals surface area contributed by atoms with Crippen LogP contribution in [0.5, 0.6) is 0 Å². The van der Waals surface area contributed by atoms with Crippen molar-refractivity contribution in [3.8, 4) is 0 Å². The number of carbonyl (C=O) groups excluding carboxylic acids is 2. The topological polar surface area (TPSA) is 34.1 Å². The Bertz CT molecular complexity index is 226. The first-order valence-electron chi connectivity index (χ1n) is 4.20. The zero-order valence-corrected chi connectivity index (χ0v) is 6.72. The van der Waals surface area contributed by atoms with E-state index in [-0.39, 0.29) is 17.1 Å². The van der Waals surface area contributed by atoms with Gasteiger partial charge in [-0.15, -0.1) is 0 Å². The molecule has 0 saturated heterocycles. The predicted molar refractivity (Wildman–Crippen MR) is 40.1 cm³/mol. The second kappa shape index (κ2) is 1.93. The Balaban J connectivity index is 2.25. The fraction of sp³-hybridized carbons (Fsp3) is 0.778. The van der Waals surface area contributed by atoms with Gasteiger partial charge in [-0.25, -0.2) is 0 Å². The van der Waals surface area contributed by atoms with Crippen molar-refractivity contribution in [3.63, 3.8) is 0 Å². The lowest BCUT2D eigenvalue weighted by Gasteiger charge is -2.12. The van der Waals surface area contributed by atoms with E-state index in [0.29, 0.717) is 12.2 Å². The first-order chi connectivity index (χ1) is 5.17. The molecule has 0 heterocycles. The molecule has 0 amide bonds. The van der Waals surface area contributed by atoms with Gasteiger partial charge in [-0.3, -0.25) is 9.59 Å². The minimum Gasteiger partial charge on any atom is -0.300 e. The monoisotopic (exact) mass is 152 g/mol. The van der Waals surface area contributed by atoms with Gasteiger partial charge in [0.2, 0.25) is 0 Å². The summed E-state index contributed by atoms with van der Waals surface area (Å²) < 4.78 is 0. The van der Waals surface area contributed by atoms with Crippen LogP contribution in [0.1, 0.15) is 32.6 Å². The largest absolute Gasteiger partial charge is 0.300 e. The van der Waals surface area contributed by atoms with Gasteiger partial charge in [0.05, 0.1) is 0 Å². The highest BCUT2D eigenvalue weighted by atomic mass is 16.1. The number of Topliss-reactive ketones (excluding diaryl/α,β-unsaturated/α-hetero) is 2. The third-order valence-corrected chi connectivity index (χ3v) is 3.16. The van der Waals surface area contributed by atoms with Gasteiger partial charge in [0.1, 0.15) is 11.6 Å². The molecule has 2 aliphatic carbocycles. The number of rotatable bonds is 1. The smallest absolute Gasteiger partial charge is 0.139 e. The lowest BCUT2D eigenvalue weighted by molar-refractivity contribution is -0.128. The van der Waals surface area contributed by atoms with E-state index < -0.39 is 0 Å². The van der Waals surface area contributed by atoms with Crippen LogP contribution in [0.25, 0.3) is 0 Å². The van der Waals surface area contributed by atoms with Gasteiger partial charge < -0.3 is 0 Å². The summed E-state index contributed by atoms with van der Waals surface area (Å²) in [6, 6.07) is 0. The summed E-state index contributed by atoms with van der Waals surface area (Å²) in [7, 11) is 0. The molecule has 2 rings (SSSR count). The Morgan fingerprint density at radius 1 is 1.55 bits per heavy atom. The average Bonchev–Trinajstić information content (AvgIpc) is 2.61. The third-order valence-electron chi connectivity index (χ3n) is 3.16. The van der Waals surface area contributed by atoms with Crippen molar-refractivity contribution in [2.45, 2.75) is 32.6 Å². The molecule has 2 heteroatoms. The lowest BCUT2D eigenvalue weighted by atomic mass is 9.89. The Kier molecular flexibility index (Phi) is 1.23. The van der Waals surface area contributed by atoms with Gasteiger partial charge in [-0.1, -0.05) is 0 Å². The quantitative estimate of drug-likeness (QED) is 0.568. The van der Waals surface area contributed by atoms with Crippen molar-refractivity contribution in [3.05, 3.63) is 0 Å². The molecule has 2 fully saturated rings. The maximum absolute atomic E-state index is 11.3. The zero-order valence-electron chi connectivity index (χ0n) is 6.72. The van der Waals surface area contributed by atoms with Crippen LogP contribution in [0.15, 0.2) is 0 Å². The molecule has 0 aromatic heterocycles. The van der Waals surface area contributed by atoms with Crippen molar-refractivity contribution in [1.29, 1.82) is 0 Å². The molecule has 0 bridgehead atoms. The highest BCUT2D eigenvalue weighted by Crippen LogP contribution is 2.59. The highest BCUT2D eigenvalue weighted by molar-refractivity contribution is 5.97. The van der Waals surface area contributed by atoms with Crippen molar-refractivity contribution in [2.75, 3.05) is 0 Å². The Labute approximate surface area is 66.0 Å². The molecule has 1 atom stereocenters. The molecule has 0 aromatic rings. The van der Waals surface area contributed by atoms with Gasteiger partial charge in [0.15, 0.2) is 0 Å². The van der Waals surface area contributed by atoms with Crippen molar-refractivity contribution >= 4 is 11.6 Å². The molecular weight excluding hydrogens is 140 g/mol. The van der Waals surface area contributed by atoms with Crippen LogP contribution < -0.4 is 0 Å². The molecule has 0 aromatic carbocycles. The van der Waals surface area contributed by atoms with Crippen molar-refractivity contribution < 1.29 is 9.59 Å². The molecule has 11 heavy (non-hydrogen) atoms. The number of ketones is 2. The number of hydrogen-bond acceptors (Lipinski definition) is 2. The van der Waals surface area contributed by atoms with E-state index >= 15 is 0 Å². The SMILES string of the molecule is CC(=O)C1CCC(=O)C12CC2. The zero-order chi connectivity index (χ0) is 8.06. The molecule has 2 aliphatic rings. The second-order valence-corrected chi connectivity index (χ2v) is 3.78. The standard InChI is InChI=1S/C9H12O2/c1-6(10)7-2-3-8(11)9(7)4-5-9/h7H,2-5H2,1H3. The van der Waals surface area contributed by atoms with Crippen LogP contribution in [0, 0.1) is 11.3 Å². The maximum Gasteiger partial charge on any atom is 0.139 e. The molecule has 2 nitrogen and oxygen atoms in total. The minimum absolute atomic E-state index is 0.0787. The summed E-state index contributed by atoms with van der Waals surface area (Å²) in [5, 5.41) is 0. The molecule has 2 saturated carbocycles. The minimum atomic E-state index is -0.147. The molecule has 0 N–H and O–H groups in total.